The van der Waals surface area contributed by atoms with Gasteiger partial charge in [-0.3, -0.25) is 0 Å². The van der Waals surface area contributed by atoms with Gasteiger partial charge in [-0.1, -0.05) is 6.92 Å². The van der Waals surface area contributed by atoms with E-state index in [4.69, 9.17) is 5.11 Å². The van der Waals surface area contributed by atoms with Crippen LogP contribution in [0.5, 0.6) is 0 Å². The number of aliphatic hydroxyl groups excluding tert-OH is 1. The lowest BCUT2D eigenvalue weighted by molar-refractivity contribution is 0.255. The van der Waals surface area contributed by atoms with Gasteiger partial charge in [0.15, 0.2) is 0 Å². The fourth-order valence-corrected chi connectivity index (χ4v) is 1.99. The van der Waals surface area contributed by atoms with Crippen LogP contribution in [0.4, 0.5) is 0 Å². The normalized spacial score (nSPS) is 16.4. The average molecular weight is 252 g/mol. The zero-order chi connectivity index (χ0) is 12.8. The first-order valence-electron chi connectivity index (χ1n) is 5.64. The fraction of sp³-hybridized carbons (Fsp3) is 1.00. The Kier molecular flexibility index (Phi) is 7.14. The molecule has 5 nitrogen and oxygen atoms in total. The van der Waals surface area contributed by atoms with Crippen molar-refractivity contribution in [1.82, 2.24) is 9.62 Å². The molecule has 2 N–H and O–H groups in total. The molecule has 0 aromatic rings. The Morgan fingerprint density at radius 2 is 1.94 bits per heavy atom. The SMILES string of the molecule is CCC(C)N(C)CCNS(=O)(=O)C(C)CO. The number of nitrogens with one attached hydrogen (secondary N) is 1. The van der Waals surface area contributed by atoms with Crippen LogP contribution in [0.15, 0.2) is 0 Å². The van der Waals surface area contributed by atoms with Crippen molar-refractivity contribution in [3.63, 3.8) is 0 Å². The van der Waals surface area contributed by atoms with E-state index in [0.29, 0.717) is 19.1 Å². The summed E-state index contributed by atoms with van der Waals surface area (Å²) in [5.74, 6) is 0. The van der Waals surface area contributed by atoms with Crippen molar-refractivity contribution < 1.29 is 13.5 Å². The lowest BCUT2D eigenvalue weighted by Gasteiger charge is -2.23. The van der Waals surface area contributed by atoms with E-state index in [9.17, 15) is 8.42 Å². The van der Waals surface area contributed by atoms with E-state index in [-0.39, 0.29) is 6.61 Å². The van der Waals surface area contributed by atoms with Crippen LogP contribution in [-0.4, -0.2) is 56.5 Å². The van der Waals surface area contributed by atoms with Gasteiger partial charge >= 0.3 is 0 Å². The summed E-state index contributed by atoms with van der Waals surface area (Å²) in [7, 11) is -1.39. The van der Waals surface area contributed by atoms with Gasteiger partial charge in [0.25, 0.3) is 0 Å². The van der Waals surface area contributed by atoms with Crippen molar-refractivity contribution in [3.05, 3.63) is 0 Å². The Hall–Kier alpha value is -0.170. The molecule has 2 unspecified atom stereocenters. The van der Waals surface area contributed by atoms with Crippen LogP contribution >= 0.6 is 0 Å². The molecule has 0 aliphatic heterocycles. The number of hydrogen-bond acceptors (Lipinski definition) is 4. The highest BCUT2D eigenvalue weighted by atomic mass is 32.2. The molecule has 0 radical (unpaired) electrons. The van der Waals surface area contributed by atoms with Gasteiger partial charge in [0.1, 0.15) is 0 Å². The molecule has 0 spiro atoms. The van der Waals surface area contributed by atoms with Gasteiger partial charge in [-0.2, -0.15) is 0 Å². The maximum atomic E-state index is 11.5. The quantitative estimate of drug-likeness (QED) is 0.639. The van der Waals surface area contributed by atoms with E-state index in [1.807, 2.05) is 7.05 Å². The molecule has 98 valence electrons. The van der Waals surface area contributed by atoms with Crippen LogP contribution < -0.4 is 4.72 Å². The van der Waals surface area contributed by atoms with Gasteiger partial charge in [-0.05, 0) is 27.3 Å². The predicted molar refractivity (Wildman–Crippen MR) is 65.9 cm³/mol. The summed E-state index contributed by atoms with van der Waals surface area (Å²) in [5.41, 5.74) is 0. The van der Waals surface area contributed by atoms with Gasteiger partial charge in [0.2, 0.25) is 10.0 Å². The monoisotopic (exact) mass is 252 g/mol. The van der Waals surface area contributed by atoms with Crippen molar-refractivity contribution in [2.75, 3.05) is 26.7 Å². The Balaban J connectivity index is 3.99. The van der Waals surface area contributed by atoms with Gasteiger partial charge in [-0.15, -0.1) is 0 Å². The largest absolute Gasteiger partial charge is 0.395 e. The summed E-state index contributed by atoms with van der Waals surface area (Å²) in [6.45, 7) is 6.39. The topological polar surface area (TPSA) is 69.6 Å². The molecule has 2 atom stereocenters. The Labute approximate surface area is 98.9 Å². The van der Waals surface area contributed by atoms with Crippen LogP contribution in [0.2, 0.25) is 0 Å². The van der Waals surface area contributed by atoms with E-state index in [1.165, 1.54) is 6.92 Å². The van der Waals surface area contributed by atoms with E-state index in [0.717, 1.165) is 6.42 Å². The van der Waals surface area contributed by atoms with Gasteiger partial charge in [0.05, 0.1) is 11.9 Å². The smallest absolute Gasteiger partial charge is 0.216 e. The minimum Gasteiger partial charge on any atom is -0.395 e. The number of sulfonamides is 1. The third-order valence-corrected chi connectivity index (χ3v) is 4.71. The molecular formula is C10H24N2O3S. The molecule has 0 bridgehead atoms. The third-order valence-electron chi connectivity index (χ3n) is 2.90. The van der Waals surface area contributed by atoms with Crippen LogP contribution in [0.25, 0.3) is 0 Å². The number of aliphatic hydroxyl groups is 1. The molecule has 0 aromatic carbocycles. The number of hydrogen-bond donors (Lipinski definition) is 2. The summed E-state index contributed by atoms with van der Waals surface area (Å²) in [6, 6.07) is 0.444. The molecule has 0 heterocycles. The second kappa shape index (κ2) is 7.21. The highest BCUT2D eigenvalue weighted by Crippen LogP contribution is 2.00. The molecule has 0 saturated heterocycles. The van der Waals surface area contributed by atoms with Crippen LogP contribution in [0, 0.1) is 0 Å². The first kappa shape index (κ1) is 15.8. The van der Waals surface area contributed by atoms with E-state index < -0.39 is 15.3 Å². The molecule has 0 fully saturated rings. The molecule has 0 amide bonds. The highest BCUT2D eigenvalue weighted by molar-refractivity contribution is 7.90. The Morgan fingerprint density at radius 3 is 2.38 bits per heavy atom. The summed E-state index contributed by atoms with van der Waals surface area (Å²) < 4.78 is 25.5. The maximum Gasteiger partial charge on any atom is 0.216 e. The van der Waals surface area contributed by atoms with E-state index >= 15 is 0 Å². The second-order valence-electron chi connectivity index (χ2n) is 4.17. The third kappa shape index (κ3) is 5.25. The number of nitrogens with zero attached hydrogens (tertiary/aromatic N) is 1. The zero-order valence-corrected chi connectivity index (χ0v) is 11.4. The first-order chi connectivity index (χ1) is 7.35. The molecular weight excluding hydrogens is 228 g/mol. The Bertz CT molecular complexity index is 280. The van der Waals surface area contributed by atoms with Crippen LogP contribution in [0.1, 0.15) is 27.2 Å². The van der Waals surface area contributed by atoms with Crippen molar-refractivity contribution >= 4 is 10.0 Å². The van der Waals surface area contributed by atoms with Crippen molar-refractivity contribution in [2.24, 2.45) is 0 Å². The zero-order valence-electron chi connectivity index (χ0n) is 10.6. The van der Waals surface area contributed by atoms with Gasteiger partial charge < -0.3 is 10.0 Å². The lowest BCUT2D eigenvalue weighted by atomic mass is 10.2. The van der Waals surface area contributed by atoms with Crippen molar-refractivity contribution in [2.45, 2.75) is 38.5 Å². The Morgan fingerprint density at radius 1 is 1.38 bits per heavy atom. The molecule has 0 saturated carbocycles. The lowest BCUT2D eigenvalue weighted by Crippen LogP contribution is -2.40. The van der Waals surface area contributed by atoms with Gasteiger partial charge in [0, 0.05) is 19.1 Å². The molecule has 0 aliphatic rings. The second-order valence-corrected chi connectivity index (χ2v) is 6.35. The van der Waals surface area contributed by atoms with Crippen molar-refractivity contribution in [1.29, 1.82) is 0 Å². The first-order valence-corrected chi connectivity index (χ1v) is 7.19. The number of likely N-dealkylation sites (N-methyl/N-ethyl adjacent to an activating group) is 1. The molecule has 16 heavy (non-hydrogen) atoms. The fourth-order valence-electron chi connectivity index (χ4n) is 1.14. The molecule has 0 rings (SSSR count). The standard InChI is InChI=1S/C10H24N2O3S/c1-5-9(2)12(4)7-6-11-16(14,15)10(3)8-13/h9-11,13H,5-8H2,1-4H3. The highest BCUT2D eigenvalue weighted by Gasteiger charge is 2.19. The minimum absolute atomic E-state index is 0.351. The van der Waals surface area contributed by atoms with Crippen LogP contribution in [-0.2, 0) is 10.0 Å². The average Bonchev–Trinajstić information content (AvgIpc) is 2.26. The summed E-state index contributed by atoms with van der Waals surface area (Å²) >= 11 is 0. The maximum absolute atomic E-state index is 11.5. The minimum atomic E-state index is -3.37. The van der Waals surface area contributed by atoms with E-state index in [2.05, 4.69) is 23.5 Å². The summed E-state index contributed by atoms with van der Waals surface area (Å²) in [4.78, 5) is 2.10. The molecule has 0 aliphatic carbocycles. The molecule has 0 aromatic heterocycles. The predicted octanol–water partition coefficient (Wildman–Crippen LogP) is 0.0169. The number of rotatable bonds is 8. The molecule has 6 heteroatoms. The van der Waals surface area contributed by atoms with Crippen molar-refractivity contribution in [3.8, 4) is 0 Å². The summed E-state index contributed by atoms with van der Waals surface area (Å²) in [5, 5.41) is 8.03. The van der Waals surface area contributed by atoms with Gasteiger partial charge in [-0.25, -0.2) is 13.1 Å². The van der Waals surface area contributed by atoms with Crippen LogP contribution in [0.3, 0.4) is 0 Å². The van der Waals surface area contributed by atoms with E-state index in [1.54, 1.807) is 0 Å². The summed E-state index contributed by atoms with van der Waals surface area (Å²) in [6.07, 6.45) is 1.04.